The van der Waals surface area contributed by atoms with Gasteiger partial charge in [-0.2, -0.15) is 8.78 Å². The molecule has 146 valence electrons. The molecule has 0 N–H and O–H groups in total. The van der Waals surface area contributed by atoms with Crippen LogP contribution in [0.1, 0.15) is 42.9 Å². The summed E-state index contributed by atoms with van der Waals surface area (Å²) in [5.74, 6) is -0.138. The predicted molar refractivity (Wildman–Crippen MR) is 96.3 cm³/mol. The lowest BCUT2D eigenvalue weighted by Gasteiger charge is -2.29. The van der Waals surface area contributed by atoms with Crippen molar-refractivity contribution in [1.82, 2.24) is 0 Å². The smallest absolute Gasteiger partial charge is 0.427 e. The Bertz CT molecular complexity index is 803. The maximum Gasteiger partial charge on any atom is 0.427 e. The van der Waals surface area contributed by atoms with Gasteiger partial charge >= 0.3 is 6.11 Å². The fraction of sp³-hybridized carbons (Fsp3) is 0.429. The molecular weight excluding hydrogens is 357 g/mol. The summed E-state index contributed by atoms with van der Waals surface area (Å²) in [6, 6.07) is 7.12. The Morgan fingerprint density at radius 1 is 1.19 bits per heavy atom. The highest BCUT2D eigenvalue weighted by Gasteiger charge is 2.39. The Kier molecular flexibility index (Phi) is 5.53. The molecule has 0 bridgehead atoms. The van der Waals surface area contributed by atoms with Crippen molar-refractivity contribution in [2.45, 2.75) is 51.7 Å². The average molecular weight is 380 g/mol. The van der Waals surface area contributed by atoms with Crippen LogP contribution < -0.4 is 14.2 Å². The number of aryl methyl sites for hydroxylation is 1. The maximum absolute atomic E-state index is 14.8. The summed E-state index contributed by atoms with van der Waals surface area (Å²) in [4.78, 5) is 0. The summed E-state index contributed by atoms with van der Waals surface area (Å²) in [7, 11) is 1.48. The van der Waals surface area contributed by atoms with E-state index in [4.69, 9.17) is 14.2 Å². The molecule has 1 aliphatic heterocycles. The number of halogens is 3. The maximum atomic E-state index is 14.8. The van der Waals surface area contributed by atoms with E-state index in [9.17, 15) is 13.2 Å². The van der Waals surface area contributed by atoms with Crippen molar-refractivity contribution in [2.75, 3.05) is 7.11 Å². The van der Waals surface area contributed by atoms with Crippen LogP contribution in [0.3, 0.4) is 0 Å². The molecule has 27 heavy (non-hydrogen) atoms. The summed E-state index contributed by atoms with van der Waals surface area (Å²) in [5.41, 5.74) is -0.185. The van der Waals surface area contributed by atoms with E-state index in [0.717, 1.165) is 12.8 Å². The Morgan fingerprint density at radius 2 is 1.85 bits per heavy atom. The van der Waals surface area contributed by atoms with Crippen molar-refractivity contribution in [3.05, 3.63) is 52.8 Å². The zero-order valence-corrected chi connectivity index (χ0v) is 15.7. The molecule has 3 rings (SSSR count). The van der Waals surface area contributed by atoms with E-state index >= 15 is 0 Å². The first-order valence-corrected chi connectivity index (χ1v) is 9.05. The van der Waals surface area contributed by atoms with Gasteiger partial charge in [0.15, 0.2) is 11.6 Å². The van der Waals surface area contributed by atoms with Gasteiger partial charge in [0, 0.05) is 5.56 Å². The Balaban J connectivity index is 1.90. The van der Waals surface area contributed by atoms with Gasteiger partial charge in [-0.05, 0) is 62.1 Å². The van der Waals surface area contributed by atoms with Gasteiger partial charge in [-0.25, -0.2) is 4.39 Å². The van der Waals surface area contributed by atoms with Crippen molar-refractivity contribution in [3.8, 4) is 17.2 Å². The molecule has 0 saturated carbocycles. The van der Waals surface area contributed by atoms with Crippen molar-refractivity contribution in [2.24, 2.45) is 0 Å². The third kappa shape index (κ3) is 3.99. The first kappa shape index (κ1) is 19.4. The molecule has 1 unspecified atom stereocenters. The van der Waals surface area contributed by atoms with Crippen molar-refractivity contribution in [3.63, 3.8) is 0 Å². The molecule has 0 amide bonds. The highest BCUT2D eigenvalue weighted by molar-refractivity contribution is 5.46. The lowest BCUT2D eigenvalue weighted by molar-refractivity contribution is -0.186. The summed E-state index contributed by atoms with van der Waals surface area (Å²) in [6.07, 6.45) is -0.813. The first-order chi connectivity index (χ1) is 12.9. The lowest BCUT2D eigenvalue weighted by Crippen LogP contribution is -2.27. The molecule has 3 nitrogen and oxygen atoms in total. The molecule has 6 heteroatoms. The lowest BCUT2D eigenvalue weighted by atomic mass is 9.94. The van der Waals surface area contributed by atoms with E-state index < -0.39 is 17.5 Å². The molecule has 0 radical (unpaired) electrons. The summed E-state index contributed by atoms with van der Waals surface area (Å²) in [6.45, 7) is 3.35. The van der Waals surface area contributed by atoms with Gasteiger partial charge in [-0.15, -0.1) is 0 Å². The van der Waals surface area contributed by atoms with Crippen LogP contribution in [-0.2, 0) is 12.5 Å². The van der Waals surface area contributed by atoms with Crippen LogP contribution in [0, 0.1) is 12.7 Å². The van der Waals surface area contributed by atoms with Crippen LogP contribution >= 0.6 is 0 Å². The normalized spacial score (nSPS) is 16.4. The molecule has 0 aromatic heterocycles. The molecule has 2 aromatic carbocycles. The molecule has 1 heterocycles. The number of ether oxygens (including phenoxy) is 3. The zero-order chi connectivity index (χ0) is 19.6. The van der Waals surface area contributed by atoms with E-state index in [0.29, 0.717) is 24.2 Å². The third-order valence-corrected chi connectivity index (χ3v) is 4.79. The topological polar surface area (TPSA) is 27.7 Å². The van der Waals surface area contributed by atoms with E-state index in [1.165, 1.54) is 44.4 Å². The number of methoxy groups -OCH3 is 1. The largest absolute Gasteiger partial charge is 0.497 e. The summed E-state index contributed by atoms with van der Waals surface area (Å²) < 4.78 is 59.9. The highest BCUT2D eigenvalue weighted by Crippen LogP contribution is 2.41. The zero-order valence-electron chi connectivity index (χ0n) is 15.7. The Labute approximate surface area is 157 Å². The van der Waals surface area contributed by atoms with Gasteiger partial charge in [0.25, 0.3) is 0 Å². The number of hydrogen-bond acceptors (Lipinski definition) is 3. The van der Waals surface area contributed by atoms with Crippen LogP contribution in [0.5, 0.6) is 17.2 Å². The molecular formula is C21H23F3O3. The van der Waals surface area contributed by atoms with Crippen molar-refractivity contribution >= 4 is 0 Å². The van der Waals surface area contributed by atoms with E-state index in [2.05, 4.69) is 0 Å². The number of fused-ring (bicyclic) bond motifs is 1. The van der Waals surface area contributed by atoms with Crippen LogP contribution in [-0.4, -0.2) is 13.2 Å². The Hall–Kier alpha value is -2.37. The fourth-order valence-corrected chi connectivity index (χ4v) is 3.31. The molecule has 1 atom stereocenters. The molecule has 0 saturated heterocycles. The minimum absolute atomic E-state index is 0.0300. The third-order valence-electron chi connectivity index (χ3n) is 4.79. The van der Waals surface area contributed by atoms with Crippen LogP contribution in [0.4, 0.5) is 13.2 Å². The SMILES string of the molecule is CCCC1CCc2cc(C(F)(F)Oc3ccc(OC)cc3)c(C)c(F)c2O1. The Morgan fingerprint density at radius 3 is 2.48 bits per heavy atom. The van der Waals surface area contributed by atoms with Gasteiger partial charge < -0.3 is 14.2 Å². The molecule has 0 fully saturated rings. The minimum Gasteiger partial charge on any atom is -0.497 e. The number of rotatable bonds is 6. The average Bonchev–Trinajstić information content (AvgIpc) is 2.65. The van der Waals surface area contributed by atoms with Crippen LogP contribution in [0.15, 0.2) is 30.3 Å². The van der Waals surface area contributed by atoms with Gasteiger partial charge in [-0.1, -0.05) is 13.3 Å². The quantitative estimate of drug-likeness (QED) is 0.637. The van der Waals surface area contributed by atoms with E-state index in [1.807, 2.05) is 6.92 Å². The number of hydrogen-bond donors (Lipinski definition) is 0. The highest BCUT2D eigenvalue weighted by atomic mass is 19.3. The molecule has 0 aliphatic carbocycles. The van der Waals surface area contributed by atoms with E-state index in [1.54, 1.807) is 0 Å². The van der Waals surface area contributed by atoms with Gasteiger partial charge in [-0.3, -0.25) is 0 Å². The van der Waals surface area contributed by atoms with E-state index in [-0.39, 0.29) is 23.2 Å². The standard InChI is InChI=1S/C21H23F3O3/c1-4-5-16-7-6-14-12-18(13(2)19(22)20(14)26-16)21(23,24)27-17-10-8-15(25-3)9-11-17/h8-12,16H,4-7H2,1-3H3. The van der Waals surface area contributed by atoms with Crippen molar-refractivity contribution in [1.29, 1.82) is 0 Å². The summed E-state index contributed by atoms with van der Waals surface area (Å²) in [5, 5.41) is 0. The fourth-order valence-electron chi connectivity index (χ4n) is 3.31. The van der Waals surface area contributed by atoms with Gasteiger partial charge in [0.2, 0.25) is 0 Å². The number of alkyl halides is 2. The molecule has 0 spiro atoms. The predicted octanol–water partition coefficient (Wildman–Crippen LogP) is 5.76. The van der Waals surface area contributed by atoms with Crippen molar-refractivity contribution < 1.29 is 27.4 Å². The first-order valence-electron chi connectivity index (χ1n) is 9.05. The second-order valence-corrected chi connectivity index (χ2v) is 6.71. The monoisotopic (exact) mass is 380 g/mol. The summed E-state index contributed by atoms with van der Waals surface area (Å²) >= 11 is 0. The molecule has 1 aliphatic rings. The van der Waals surface area contributed by atoms with Gasteiger partial charge in [0.1, 0.15) is 11.5 Å². The van der Waals surface area contributed by atoms with Gasteiger partial charge in [0.05, 0.1) is 18.8 Å². The van der Waals surface area contributed by atoms with Crippen LogP contribution in [0.2, 0.25) is 0 Å². The second-order valence-electron chi connectivity index (χ2n) is 6.71. The molecule has 2 aromatic rings. The second kappa shape index (κ2) is 7.71. The number of benzene rings is 2. The minimum atomic E-state index is -3.67. The van der Waals surface area contributed by atoms with Crippen LogP contribution in [0.25, 0.3) is 0 Å².